The predicted molar refractivity (Wildman–Crippen MR) is 88.6 cm³/mol. The van der Waals surface area contributed by atoms with Crippen molar-refractivity contribution in [3.8, 4) is 11.3 Å². The summed E-state index contributed by atoms with van der Waals surface area (Å²) in [6.07, 6.45) is 4.13. The molecular formula is C19H20N2O. The van der Waals surface area contributed by atoms with Crippen molar-refractivity contribution in [2.24, 2.45) is 0 Å². The van der Waals surface area contributed by atoms with E-state index in [0.717, 1.165) is 16.8 Å². The summed E-state index contributed by atoms with van der Waals surface area (Å²) in [7, 11) is 0. The molecule has 0 fully saturated rings. The highest BCUT2D eigenvalue weighted by molar-refractivity contribution is 5.94. The molecule has 0 N–H and O–H groups in total. The Morgan fingerprint density at radius 2 is 1.68 bits per heavy atom. The number of carbonyl (C=O) groups is 1. The Hall–Kier alpha value is -2.42. The first-order valence-corrected chi connectivity index (χ1v) is 7.62. The molecule has 0 bridgehead atoms. The van der Waals surface area contributed by atoms with Gasteiger partial charge < -0.3 is 4.90 Å². The van der Waals surface area contributed by atoms with Gasteiger partial charge in [0.1, 0.15) is 5.69 Å². The summed E-state index contributed by atoms with van der Waals surface area (Å²) in [5.74, 6) is -0.0135. The van der Waals surface area contributed by atoms with E-state index < -0.39 is 0 Å². The summed E-state index contributed by atoms with van der Waals surface area (Å²) in [5, 5.41) is 0. The highest BCUT2D eigenvalue weighted by Gasteiger charge is 2.28. The molecule has 3 nitrogen and oxygen atoms in total. The molecule has 22 heavy (non-hydrogen) atoms. The fraction of sp³-hybridized carbons (Fsp3) is 0.263. The molecule has 3 rings (SSSR count). The Morgan fingerprint density at radius 1 is 1.00 bits per heavy atom. The van der Waals surface area contributed by atoms with Crippen LogP contribution in [0.3, 0.4) is 0 Å². The molecule has 2 unspecified atom stereocenters. The normalized spacial score (nSPS) is 20.4. The fourth-order valence-corrected chi connectivity index (χ4v) is 2.94. The van der Waals surface area contributed by atoms with E-state index in [2.05, 4.69) is 30.1 Å². The standard InChI is InChI=1S/C19H20N2O/c1-13-7-4-5-8-16(13)17-9-6-10-18(20-17)19(22)21-14(2)11-12-15(21)3/h4-12,14-15H,1-3H3. The van der Waals surface area contributed by atoms with Crippen LogP contribution in [0, 0.1) is 6.92 Å². The third-order valence-electron chi connectivity index (χ3n) is 4.17. The van der Waals surface area contributed by atoms with Crippen molar-refractivity contribution >= 4 is 5.91 Å². The Morgan fingerprint density at radius 3 is 2.36 bits per heavy atom. The Balaban J connectivity index is 1.95. The zero-order valence-corrected chi connectivity index (χ0v) is 13.2. The molecule has 1 amide bonds. The smallest absolute Gasteiger partial charge is 0.273 e. The molecule has 0 spiro atoms. The van der Waals surface area contributed by atoms with Gasteiger partial charge in [0.2, 0.25) is 0 Å². The van der Waals surface area contributed by atoms with Crippen molar-refractivity contribution in [2.45, 2.75) is 32.9 Å². The summed E-state index contributed by atoms with van der Waals surface area (Å²) in [6.45, 7) is 6.12. The van der Waals surface area contributed by atoms with Crippen LogP contribution < -0.4 is 0 Å². The summed E-state index contributed by atoms with van der Waals surface area (Å²) in [4.78, 5) is 19.2. The number of benzene rings is 1. The summed E-state index contributed by atoms with van der Waals surface area (Å²) in [5.41, 5.74) is 3.57. The average Bonchev–Trinajstić information content (AvgIpc) is 2.86. The second-order valence-corrected chi connectivity index (χ2v) is 5.80. The Kier molecular flexibility index (Phi) is 3.80. The Labute approximate surface area is 131 Å². The number of carbonyl (C=O) groups excluding carboxylic acids is 1. The van der Waals surface area contributed by atoms with Gasteiger partial charge in [-0.2, -0.15) is 0 Å². The maximum Gasteiger partial charge on any atom is 0.273 e. The number of rotatable bonds is 2. The Bertz CT molecular complexity index is 724. The number of aromatic nitrogens is 1. The van der Waals surface area contributed by atoms with Gasteiger partial charge in [-0.3, -0.25) is 4.79 Å². The van der Waals surface area contributed by atoms with Gasteiger partial charge in [-0.1, -0.05) is 42.5 Å². The molecule has 2 heterocycles. The molecular weight excluding hydrogens is 272 g/mol. The zero-order valence-electron chi connectivity index (χ0n) is 13.2. The van der Waals surface area contributed by atoms with Crippen molar-refractivity contribution in [3.05, 3.63) is 65.9 Å². The molecule has 1 aromatic carbocycles. The molecule has 1 aliphatic rings. The van der Waals surface area contributed by atoms with Gasteiger partial charge in [0.05, 0.1) is 5.69 Å². The van der Waals surface area contributed by atoms with Gasteiger partial charge >= 0.3 is 0 Å². The maximum absolute atomic E-state index is 12.8. The lowest BCUT2D eigenvalue weighted by Gasteiger charge is -2.26. The topological polar surface area (TPSA) is 33.2 Å². The van der Waals surface area contributed by atoms with Crippen LogP contribution in [-0.4, -0.2) is 27.9 Å². The van der Waals surface area contributed by atoms with Crippen LogP contribution in [0.1, 0.15) is 29.9 Å². The van der Waals surface area contributed by atoms with Crippen molar-refractivity contribution in [1.29, 1.82) is 0 Å². The first-order chi connectivity index (χ1) is 10.6. The number of hydrogen-bond acceptors (Lipinski definition) is 2. The van der Waals surface area contributed by atoms with Gasteiger partial charge in [-0.25, -0.2) is 4.98 Å². The monoisotopic (exact) mass is 292 g/mol. The van der Waals surface area contributed by atoms with Crippen LogP contribution in [0.2, 0.25) is 0 Å². The fourth-order valence-electron chi connectivity index (χ4n) is 2.94. The summed E-state index contributed by atoms with van der Waals surface area (Å²) in [6, 6.07) is 14.0. The predicted octanol–water partition coefficient (Wildman–Crippen LogP) is 3.85. The lowest BCUT2D eigenvalue weighted by Crippen LogP contribution is -2.39. The van der Waals surface area contributed by atoms with Gasteiger partial charge in [0.25, 0.3) is 5.91 Å². The minimum atomic E-state index is -0.0135. The molecule has 2 aromatic rings. The van der Waals surface area contributed by atoms with Crippen molar-refractivity contribution in [2.75, 3.05) is 0 Å². The van der Waals surface area contributed by atoms with E-state index in [1.165, 1.54) is 0 Å². The minimum Gasteiger partial charge on any atom is -0.325 e. The van der Waals surface area contributed by atoms with Crippen LogP contribution in [0.4, 0.5) is 0 Å². The van der Waals surface area contributed by atoms with E-state index in [1.807, 2.05) is 49.1 Å². The molecule has 1 aromatic heterocycles. The molecule has 112 valence electrons. The van der Waals surface area contributed by atoms with E-state index >= 15 is 0 Å². The van der Waals surface area contributed by atoms with Crippen LogP contribution in [0.25, 0.3) is 11.3 Å². The van der Waals surface area contributed by atoms with E-state index in [1.54, 1.807) is 6.07 Å². The summed E-state index contributed by atoms with van der Waals surface area (Å²) >= 11 is 0. The van der Waals surface area contributed by atoms with E-state index in [-0.39, 0.29) is 18.0 Å². The highest BCUT2D eigenvalue weighted by Crippen LogP contribution is 2.23. The number of aryl methyl sites for hydroxylation is 1. The van der Waals surface area contributed by atoms with Crippen LogP contribution in [-0.2, 0) is 0 Å². The lowest BCUT2D eigenvalue weighted by atomic mass is 10.1. The third kappa shape index (κ3) is 2.54. The van der Waals surface area contributed by atoms with Gasteiger partial charge in [0.15, 0.2) is 0 Å². The molecule has 3 heteroatoms. The van der Waals surface area contributed by atoms with Gasteiger partial charge in [-0.15, -0.1) is 0 Å². The quantitative estimate of drug-likeness (QED) is 0.788. The van der Waals surface area contributed by atoms with Crippen molar-refractivity contribution in [1.82, 2.24) is 9.88 Å². The first kappa shape index (κ1) is 14.5. The molecule has 0 saturated carbocycles. The number of pyridine rings is 1. The van der Waals surface area contributed by atoms with Crippen LogP contribution in [0.5, 0.6) is 0 Å². The van der Waals surface area contributed by atoms with Gasteiger partial charge in [-0.05, 0) is 38.5 Å². The van der Waals surface area contributed by atoms with Crippen LogP contribution >= 0.6 is 0 Å². The molecule has 0 radical (unpaired) electrons. The molecule has 0 saturated heterocycles. The number of amides is 1. The molecule has 2 atom stereocenters. The summed E-state index contributed by atoms with van der Waals surface area (Å²) < 4.78 is 0. The maximum atomic E-state index is 12.8. The SMILES string of the molecule is Cc1ccccc1-c1cccc(C(=O)N2C(C)C=CC2C)n1. The molecule has 0 aliphatic carbocycles. The zero-order chi connectivity index (χ0) is 15.7. The lowest BCUT2D eigenvalue weighted by molar-refractivity contribution is 0.0703. The highest BCUT2D eigenvalue weighted by atomic mass is 16.2. The number of nitrogens with zero attached hydrogens (tertiary/aromatic N) is 2. The number of hydrogen-bond donors (Lipinski definition) is 0. The van der Waals surface area contributed by atoms with Gasteiger partial charge in [0, 0.05) is 17.6 Å². The largest absolute Gasteiger partial charge is 0.325 e. The first-order valence-electron chi connectivity index (χ1n) is 7.62. The second kappa shape index (κ2) is 5.76. The van der Waals surface area contributed by atoms with E-state index in [0.29, 0.717) is 5.69 Å². The van der Waals surface area contributed by atoms with Crippen molar-refractivity contribution < 1.29 is 4.79 Å². The molecule has 1 aliphatic heterocycles. The minimum absolute atomic E-state index is 0.0135. The van der Waals surface area contributed by atoms with Crippen LogP contribution in [0.15, 0.2) is 54.6 Å². The average molecular weight is 292 g/mol. The third-order valence-corrected chi connectivity index (χ3v) is 4.17. The van der Waals surface area contributed by atoms with Crippen molar-refractivity contribution in [3.63, 3.8) is 0 Å². The second-order valence-electron chi connectivity index (χ2n) is 5.80. The van der Waals surface area contributed by atoms with E-state index in [9.17, 15) is 4.79 Å². The van der Waals surface area contributed by atoms with E-state index in [4.69, 9.17) is 0 Å².